The van der Waals surface area contributed by atoms with Crippen molar-refractivity contribution < 1.29 is 13.9 Å². The van der Waals surface area contributed by atoms with Gasteiger partial charge in [-0.15, -0.1) is 11.3 Å². The first-order valence-corrected chi connectivity index (χ1v) is 5.31. The summed E-state index contributed by atoms with van der Waals surface area (Å²) in [5, 5.41) is 0.614. The summed E-state index contributed by atoms with van der Waals surface area (Å²) in [6, 6.07) is 4.58. The van der Waals surface area contributed by atoms with E-state index in [4.69, 9.17) is 4.74 Å². The fraction of sp³-hybridized carbons (Fsp3) is 0.0909. The zero-order valence-electron chi connectivity index (χ0n) is 8.44. The van der Waals surface area contributed by atoms with Gasteiger partial charge in [0.2, 0.25) is 0 Å². The zero-order valence-corrected chi connectivity index (χ0v) is 9.25. The molecule has 1 heterocycles. The highest BCUT2D eigenvalue weighted by atomic mass is 32.1. The summed E-state index contributed by atoms with van der Waals surface area (Å²) >= 11 is 1.22. The molecule has 1 aromatic heterocycles. The highest BCUT2D eigenvalue weighted by molar-refractivity contribution is 7.16. The van der Waals surface area contributed by atoms with Crippen LogP contribution in [0.4, 0.5) is 4.39 Å². The molecule has 16 heavy (non-hydrogen) atoms. The molecule has 1 aromatic carbocycles. The highest BCUT2D eigenvalue weighted by Gasteiger charge is 2.08. The number of carbonyl (C=O) groups excluding carboxylic acids is 1. The van der Waals surface area contributed by atoms with Crippen molar-refractivity contribution in [3.63, 3.8) is 0 Å². The van der Waals surface area contributed by atoms with E-state index in [1.54, 1.807) is 6.07 Å². The van der Waals surface area contributed by atoms with Gasteiger partial charge in [0, 0.05) is 11.8 Å². The fourth-order valence-electron chi connectivity index (χ4n) is 1.27. The standard InChI is InChI=1S/C11H8FNO2S/c1-15-10-3-2-7(4-9(10)12)11-13-5-8(6-14)16-11/h2-6H,1H3. The Morgan fingerprint density at radius 2 is 2.31 bits per heavy atom. The Bertz CT molecular complexity index is 524. The molecule has 0 atom stereocenters. The van der Waals surface area contributed by atoms with E-state index < -0.39 is 5.82 Å². The van der Waals surface area contributed by atoms with E-state index in [1.165, 1.54) is 36.8 Å². The van der Waals surface area contributed by atoms with Crippen molar-refractivity contribution in [3.8, 4) is 16.3 Å². The molecule has 0 unspecified atom stereocenters. The van der Waals surface area contributed by atoms with Gasteiger partial charge < -0.3 is 4.74 Å². The molecule has 0 amide bonds. The molecule has 0 spiro atoms. The van der Waals surface area contributed by atoms with Crippen LogP contribution in [0.3, 0.4) is 0 Å². The lowest BCUT2D eigenvalue weighted by Crippen LogP contribution is -1.88. The van der Waals surface area contributed by atoms with Crippen LogP contribution < -0.4 is 4.74 Å². The number of halogens is 1. The second kappa shape index (κ2) is 4.40. The number of ether oxygens (including phenoxy) is 1. The highest BCUT2D eigenvalue weighted by Crippen LogP contribution is 2.28. The van der Waals surface area contributed by atoms with Crippen LogP contribution in [0.1, 0.15) is 9.67 Å². The number of rotatable bonds is 3. The van der Waals surface area contributed by atoms with Crippen LogP contribution in [0, 0.1) is 5.82 Å². The van der Waals surface area contributed by atoms with E-state index in [0.29, 0.717) is 15.4 Å². The second-order valence-corrected chi connectivity index (χ2v) is 4.10. The van der Waals surface area contributed by atoms with E-state index in [9.17, 15) is 9.18 Å². The minimum atomic E-state index is -0.442. The van der Waals surface area contributed by atoms with E-state index in [2.05, 4.69) is 4.98 Å². The molecule has 82 valence electrons. The van der Waals surface area contributed by atoms with E-state index in [1.807, 2.05) is 0 Å². The minimum absolute atomic E-state index is 0.191. The molecular weight excluding hydrogens is 229 g/mol. The van der Waals surface area contributed by atoms with Crippen molar-refractivity contribution in [3.05, 3.63) is 35.1 Å². The van der Waals surface area contributed by atoms with Crippen molar-refractivity contribution in [2.24, 2.45) is 0 Å². The number of benzene rings is 1. The second-order valence-electron chi connectivity index (χ2n) is 3.03. The molecule has 2 rings (SSSR count). The predicted octanol–water partition coefficient (Wildman–Crippen LogP) is 2.77. The molecule has 0 saturated heterocycles. The van der Waals surface area contributed by atoms with Gasteiger partial charge in [0.05, 0.1) is 12.0 Å². The van der Waals surface area contributed by atoms with Gasteiger partial charge in [-0.05, 0) is 18.2 Å². The SMILES string of the molecule is COc1ccc(-c2ncc(C=O)s2)cc1F. The Morgan fingerprint density at radius 3 is 2.88 bits per heavy atom. The Kier molecular flexibility index (Phi) is 2.96. The van der Waals surface area contributed by atoms with Crippen LogP contribution in [0.2, 0.25) is 0 Å². The van der Waals surface area contributed by atoms with E-state index in [-0.39, 0.29) is 5.75 Å². The first-order chi connectivity index (χ1) is 7.74. The smallest absolute Gasteiger partial charge is 0.165 e. The van der Waals surface area contributed by atoms with Crippen LogP contribution in [-0.2, 0) is 0 Å². The third-order valence-corrected chi connectivity index (χ3v) is 3.01. The number of hydrogen-bond acceptors (Lipinski definition) is 4. The number of hydrogen-bond donors (Lipinski definition) is 0. The van der Waals surface area contributed by atoms with Crippen molar-refractivity contribution >= 4 is 17.6 Å². The quantitative estimate of drug-likeness (QED) is 0.770. The monoisotopic (exact) mass is 237 g/mol. The summed E-state index contributed by atoms with van der Waals surface area (Å²) in [5.74, 6) is -0.251. The molecule has 0 N–H and O–H groups in total. The van der Waals surface area contributed by atoms with Gasteiger partial charge in [-0.2, -0.15) is 0 Å². The van der Waals surface area contributed by atoms with E-state index in [0.717, 1.165) is 6.29 Å². The number of carbonyl (C=O) groups is 1. The number of aromatic nitrogens is 1. The van der Waals surface area contributed by atoms with Crippen molar-refractivity contribution in [2.45, 2.75) is 0 Å². The molecule has 5 heteroatoms. The van der Waals surface area contributed by atoms with Crippen LogP contribution in [0.25, 0.3) is 10.6 Å². The number of nitrogens with zero attached hydrogens (tertiary/aromatic N) is 1. The molecule has 0 fully saturated rings. The Morgan fingerprint density at radius 1 is 1.50 bits per heavy atom. The predicted molar refractivity (Wildman–Crippen MR) is 59.4 cm³/mol. The van der Waals surface area contributed by atoms with Gasteiger partial charge in [0.1, 0.15) is 5.01 Å². The molecule has 3 nitrogen and oxygen atoms in total. The van der Waals surface area contributed by atoms with Gasteiger partial charge in [-0.3, -0.25) is 4.79 Å². The molecule has 0 bridgehead atoms. The van der Waals surface area contributed by atoms with Gasteiger partial charge in [0.15, 0.2) is 17.9 Å². The third-order valence-electron chi connectivity index (χ3n) is 2.04. The summed E-state index contributed by atoms with van der Waals surface area (Å²) in [5.41, 5.74) is 0.636. The van der Waals surface area contributed by atoms with Gasteiger partial charge in [-0.1, -0.05) is 0 Å². The lowest BCUT2D eigenvalue weighted by atomic mass is 10.2. The van der Waals surface area contributed by atoms with Crippen LogP contribution in [0.15, 0.2) is 24.4 Å². The van der Waals surface area contributed by atoms with Gasteiger partial charge in [-0.25, -0.2) is 9.37 Å². The average Bonchev–Trinajstić information content (AvgIpc) is 2.77. The lowest BCUT2D eigenvalue weighted by molar-refractivity contribution is 0.112. The summed E-state index contributed by atoms with van der Waals surface area (Å²) in [4.78, 5) is 15.0. The maximum absolute atomic E-state index is 13.4. The largest absolute Gasteiger partial charge is 0.494 e. The first-order valence-electron chi connectivity index (χ1n) is 4.49. The molecular formula is C11H8FNO2S. The van der Waals surface area contributed by atoms with Crippen molar-refractivity contribution in [2.75, 3.05) is 7.11 Å². The first kappa shape index (κ1) is 10.8. The lowest BCUT2D eigenvalue weighted by Gasteiger charge is -2.02. The molecule has 0 aliphatic heterocycles. The van der Waals surface area contributed by atoms with Crippen LogP contribution >= 0.6 is 11.3 Å². The fourth-order valence-corrected chi connectivity index (χ4v) is 2.00. The molecule has 0 aliphatic rings. The minimum Gasteiger partial charge on any atom is -0.494 e. The summed E-state index contributed by atoms with van der Waals surface area (Å²) in [7, 11) is 1.41. The Labute approximate surface area is 95.5 Å². The Balaban J connectivity index is 2.40. The molecule has 0 radical (unpaired) electrons. The maximum atomic E-state index is 13.4. The topological polar surface area (TPSA) is 39.2 Å². The van der Waals surface area contributed by atoms with Crippen molar-refractivity contribution in [1.82, 2.24) is 4.98 Å². The van der Waals surface area contributed by atoms with E-state index >= 15 is 0 Å². The molecule has 2 aromatic rings. The van der Waals surface area contributed by atoms with Crippen LogP contribution in [0.5, 0.6) is 5.75 Å². The summed E-state index contributed by atoms with van der Waals surface area (Å²) < 4.78 is 18.2. The number of thiazole rings is 1. The number of aldehydes is 1. The third kappa shape index (κ3) is 1.94. The van der Waals surface area contributed by atoms with Gasteiger partial charge >= 0.3 is 0 Å². The normalized spacial score (nSPS) is 10.1. The maximum Gasteiger partial charge on any atom is 0.165 e. The van der Waals surface area contributed by atoms with Gasteiger partial charge in [0.25, 0.3) is 0 Å². The average molecular weight is 237 g/mol. The summed E-state index contributed by atoms with van der Waals surface area (Å²) in [6.45, 7) is 0. The Hall–Kier alpha value is -1.75. The molecule has 0 saturated carbocycles. The van der Waals surface area contributed by atoms with Crippen molar-refractivity contribution in [1.29, 1.82) is 0 Å². The molecule has 0 aliphatic carbocycles. The zero-order chi connectivity index (χ0) is 11.5. The summed E-state index contributed by atoms with van der Waals surface area (Å²) in [6.07, 6.45) is 2.19. The number of methoxy groups -OCH3 is 1. The van der Waals surface area contributed by atoms with Crippen LogP contribution in [-0.4, -0.2) is 18.4 Å².